The first kappa shape index (κ1) is 16.6. The molecule has 7 heteroatoms. The summed E-state index contributed by atoms with van der Waals surface area (Å²) in [6, 6.07) is 1.64. The number of aromatic nitrogens is 1. The molecule has 1 aliphatic heterocycles. The van der Waals surface area contributed by atoms with Crippen LogP contribution in [0, 0.1) is 0 Å². The molecule has 0 atom stereocenters. The first-order valence-corrected chi connectivity index (χ1v) is 7.81. The lowest BCUT2D eigenvalue weighted by Gasteiger charge is -2.22. The molecule has 1 aromatic heterocycles. The fourth-order valence-electron chi connectivity index (χ4n) is 2.53. The maximum atomic E-state index is 12.6. The van der Waals surface area contributed by atoms with E-state index in [1.165, 1.54) is 0 Å². The van der Waals surface area contributed by atoms with E-state index < -0.39 is 0 Å². The largest absolute Gasteiger partial charge is 0.383 e. The number of carbonyl (C=O) groups excluding carboxylic acids is 1. The Hall–Kier alpha value is -0.750. The summed E-state index contributed by atoms with van der Waals surface area (Å²) in [4.78, 5) is 16.8. The lowest BCUT2D eigenvalue weighted by Crippen LogP contribution is -2.36. The summed E-state index contributed by atoms with van der Waals surface area (Å²) in [6.45, 7) is 4.94. The average molecular weight is 334 g/mol. The van der Waals surface area contributed by atoms with E-state index in [1.54, 1.807) is 24.8 Å². The van der Waals surface area contributed by atoms with Crippen LogP contribution < -0.4 is 0 Å². The van der Waals surface area contributed by atoms with Crippen molar-refractivity contribution in [2.45, 2.75) is 6.42 Å². The van der Waals surface area contributed by atoms with Crippen LogP contribution in [0.4, 0.5) is 0 Å². The molecular weight excluding hydrogens is 313 g/mol. The molecule has 0 spiro atoms. The van der Waals surface area contributed by atoms with Gasteiger partial charge in [0.15, 0.2) is 0 Å². The summed E-state index contributed by atoms with van der Waals surface area (Å²) in [5.74, 6) is -0.0140. The summed E-state index contributed by atoms with van der Waals surface area (Å²) in [5.41, 5.74) is 0.537. The lowest BCUT2D eigenvalue weighted by atomic mass is 10.3. The van der Waals surface area contributed by atoms with Crippen LogP contribution in [0.1, 0.15) is 16.9 Å². The fraction of sp³-hybridized carbons (Fsp3) is 0.643. The van der Waals surface area contributed by atoms with Crippen LogP contribution in [0.15, 0.2) is 6.07 Å². The zero-order valence-electron chi connectivity index (χ0n) is 12.4. The Balaban J connectivity index is 2.01. The van der Waals surface area contributed by atoms with Crippen molar-refractivity contribution in [2.75, 3.05) is 46.4 Å². The van der Waals surface area contributed by atoms with E-state index in [9.17, 15) is 4.79 Å². The van der Waals surface area contributed by atoms with Crippen LogP contribution >= 0.6 is 23.2 Å². The van der Waals surface area contributed by atoms with Crippen LogP contribution in [0.2, 0.25) is 10.2 Å². The Morgan fingerprint density at radius 3 is 2.67 bits per heavy atom. The second kappa shape index (κ2) is 7.49. The first-order chi connectivity index (χ1) is 10.0. The highest BCUT2D eigenvalue weighted by atomic mass is 35.5. The van der Waals surface area contributed by atoms with Gasteiger partial charge in [-0.1, -0.05) is 23.2 Å². The van der Waals surface area contributed by atoms with Crippen LogP contribution in [-0.2, 0) is 11.8 Å². The number of methoxy groups -OCH3 is 1. The van der Waals surface area contributed by atoms with Gasteiger partial charge in [0.1, 0.15) is 10.8 Å². The molecule has 0 aromatic carbocycles. The standard InChI is InChI=1S/C14H21Cl2N3O2/c1-17-12(10-11(15)13(17)16)14(20)19-5-3-4-18(6-7-19)8-9-21-2/h10H,3-9H2,1-2H3. The second-order valence-corrected chi connectivity index (χ2v) is 5.97. The highest BCUT2D eigenvalue weighted by molar-refractivity contribution is 6.41. The second-order valence-electron chi connectivity index (χ2n) is 5.21. The number of hydrogen-bond acceptors (Lipinski definition) is 3. The zero-order chi connectivity index (χ0) is 15.4. The number of amides is 1. The van der Waals surface area contributed by atoms with Crippen molar-refractivity contribution in [1.29, 1.82) is 0 Å². The molecule has 0 bridgehead atoms. The molecule has 0 N–H and O–H groups in total. The highest BCUT2D eigenvalue weighted by Crippen LogP contribution is 2.26. The monoisotopic (exact) mass is 333 g/mol. The van der Waals surface area contributed by atoms with Gasteiger partial charge in [-0.3, -0.25) is 9.69 Å². The maximum absolute atomic E-state index is 12.6. The predicted molar refractivity (Wildman–Crippen MR) is 84.3 cm³/mol. The van der Waals surface area contributed by atoms with E-state index in [1.807, 2.05) is 4.90 Å². The Morgan fingerprint density at radius 1 is 1.29 bits per heavy atom. The van der Waals surface area contributed by atoms with Crippen molar-refractivity contribution in [3.8, 4) is 0 Å². The van der Waals surface area contributed by atoms with Crippen molar-refractivity contribution in [3.63, 3.8) is 0 Å². The molecule has 0 unspecified atom stereocenters. The van der Waals surface area contributed by atoms with Crippen molar-refractivity contribution in [2.24, 2.45) is 7.05 Å². The molecule has 2 rings (SSSR count). The van der Waals surface area contributed by atoms with Gasteiger partial charge in [-0.15, -0.1) is 0 Å². The zero-order valence-corrected chi connectivity index (χ0v) is 14.0. The van der Waals surface area contributed by atoms with Gasteiger partial charge in [-0.2, -0.15) is 0 Å². The summed E-state index contributed by atoms with van der Waals surface area (Å²) in [6.07, 6.45) is 0.960. The van der Waals surface area contributed by atoms with E-state index >= 15 is 0 Å². The molecule has 0 radical (unpaired) electrons. The Morgan fingerprint density at radius 2 is 2.05 bits per heavy atom. The van der Waals surface area contributed by atoms with E-state index in [0.717, 1.165) is 39.2 Å². The summed E-state index contributed by atoms with van der Waals surface area (Å²) < 4.78 is 6.74. The molecule has 21 heavy (non-hydrogen) atoms. The van der Waals surface area contributed by atoms with E-state index in [4.69, 9.17) is 27.9 Å². The molecule has 2 heterocycles. The quantitative estimate of drug-likeness (QED) is 0.847. The number of carbonyl (C=O) groups is 1. The van der Waals surface area contributed by atoms with Crippen LogP contribution in [0.25, 0.3) is 0 Å². The predicted octanol–water partition coefficient (Wildman–Crippen LogP) is 2.13. The third-order valence-electron chi connectivity index (χ3n) is 3.82. The Kier molecular flexibility index (Phi) is 5.93. The lowest BCUT2D eigenvalue weighted by molar-refractivity contribution is 0.0749. The van der Waals surface area contributed by atoms with Crippen molar-refractivity contribution >= 4 is 29.1 Å². The van der Waals surface area contributed by atoms with Gasteiger partial charge >= 0.3 is 0 Å². The van der Waals surface area contributed by atoms with Crippen molar-refractivity contribution in [1.82, 2.24) is 14.4 Å². The maximum Gasteiger partial charge on any atom is 0.270 e. The molecule has 1 fully saturated rings. The van der Waals surface area contributed by atoms with Gasteiger partial charge < -0.3 is 14.2 Å². The highest BCUT2D eigenvalue weighted by Gasteiger charge is 2.23. The summed E-state index contributed by atoms with van der Waals surface area (Å²) in [7, 11) is 3.46. The normalized spacial score (nSPS) is 17.0. The minimum atomic E-state index is -0.0140. The van der Waals surface area contributed by atoms with Gasteiger partial charge in [0.2, 0.25) is 0 Å². The SMILES string of the molecule is COCCN1CCCN(C(=O)c2cc(Cl)c(Cl)n2C)CC1. The number of ether oxygens (including phenoxy) is 1. The van der Waals surface area contributed by atoms with Crippen molar-refractivity contribution in [3.05, 3.63) is 21.9 Å². The van der Waals surface area contributed by atoms with Crippen LogP contribution in [0.3, 0.4) is 0 Å². The van der Waals surface area contributed by atoms with Gasteiger partial charge in [-0.05, 0) is 19.0 Å². The minimum absolute atomic E-state index is 0.0140. The van der Waals surface area contributed by atoms with Gasteiger partial charge in [-0.25, -0.2) is 0 Å². The smallest absolute Gasteiger partial charge is 0.270 e. The Labute approximate surface area is 135 Å². The number of rotatable bonds is 4. The van der Waals surface area contributed by atoms with Gasteiger partial charge in [0.05, 0.1) is 11.6 Å². The molecule has 0 aliphatic carbocycles. The van der Waals surface area contributed by atoms with Gasteiger partial charge in [0, 0.05) is 40.3 Å². The number of halogens is 2. The van der Waals surface area contributed by atoms with Crippen LogP contribution in [-0.4, -0.2) is 66.7 Å². The summed E-state index contributed by atoms with van der Waals surface area (Å²) in [5, 5.41) is 0.815. The minimum Gasteiger partial charge on any atom is -0.383 e. The molecule has 118 valence electrons. The molecule has 5 nitrogen and oxygen atoms in total. The molecule has 0 saturated carbocycles. The third kappa shape index (κ3) is 3.92. The topological polar surface area (TPSA) is 37.7 Å². The Bertz CT molecular complexity index is 505. The third-order valence-corrected chi connectivity index (χ3v) is 4.66. The van der Waals surface area contributed by atoms with Crippen molar-refractivity contribution < 1.29 is 9.53 Å². The first-order valence-electron chi connectivity index (χ1n) is 7.06. The number of hydrogen-bond donors (Lipinski definition) is 0. The average Bonchev–Trinajstić information content (AvgIpc) is 2.68. The molecule has 1 aromatic rings. The van der Waals surface area contributed by atoms with Crippen LogP contribution in [0.5, 0.6) is 0 Å². The molecule has 1 amide bonds. The summed E-state index contributed by atoms with van der Waals surface area (Å²) >= 11 is 12.0. The fourth-order valence-corrected chi connectivity index (χ4v) is 2.90. The van der Waals surface area contributed by atoms with E-state index in [0.29, 0.717) is 22.4 Å². The molecular formula is C14H21Cl2N3O2. The van der Waals surface area contributed by atoms with E-state index in [2.05, 4.69) is 4.90 Å². The number of nitrogens with zero attached hydrogens (tertiary/aromatic N) is 3. The van der Waals surface area contributed by atoms with E-state index in [-0.39, 0.29) is 5.91 Å². The molecule has 1 saturated heterocycles. The molecule has 1 aliphatic rings. The van der Waals surface area contributed by atoms with Gasteiger partial charge in [0.25, 0.3) is 5.91 Å².